The molecule has 1 fully saturated rings. The Morgan fingerprint density at radius 2 is 1.83 bits per heavy atom. The molecule has 0 aromatic carbocycles. The van der Waals surface area contributed by atoms with Crippen LogP contribution in [0, 0.1) is 5.92 Å². The Bertz CT molecular complexity index is 287. The predicted octanol–water partition coefficient (Wildman–Crippen LogP) is 2.76. The number of likely N-dealkylation sites (tertiary alicyclic amines) is 1. The summed E-state index contributed by atoms with van der Waals surface area (Å²) in [5.41, 5.74) is 5.84. The molecule has 0 unspecified atom stereocenters. The number of carbonyl (C=O) groups excluding carboxylic acids is 1. The Morgan fingerprint density at radius 3 is 2.22 bits per heavy atom. The monoisotopic (exact) mass is 256 g/mol. The number of piperidine rings is 1. The Kier molecular flexibility index (Phi) is 4.65. The topological polar surface area (TPSA) is 55.6 Å². The van der Waals surface area contributed by atoms with Crippen molar-refractivity contribution < 1.29 is 9.53 Å². The molecule has 1 heterocycles. The molecule has 0 aromatic rings. The van der Waals surface area contributed by atoms with E-state index in [0.29, 0.717) is 19.0 Å². The van der Waals surface area contributed by atoms with Crippen LogP contribution in [-0.2, 0) is 4.74 Å². The maximum atomic E-state index is 11.9. The van der Waals surface area contributed by atoms with Gasteiger partial charge in [-0.3, -0.25) is 0 Å². The van der Waals surface area contributed by atoms with E-state index in [9.17, 15) is 4.79 Å². The van der Waals surface area contributed by atoms with Gasteiger partial charge in [0.2, 0.25) is 0 Å². The molecule has 0 aromatic heterocycles. The van der Waals surface area contributed by atoms with Crippen LogP contribution in [0.1, 0.15) is 53.9 Å². The molecule has 1 amide bonds. The third-order valence-electron chi connectivity index (χ3n) is 3.23. The molecular weight excluding hydrogens is 228 g/mol. The van der Waals surface area contributed by atoms with Crippen molar-refractivity contribution in [2.24, 2.45) is 11.7 Å². The van der Waals surface area contributed by atoms with E-state index in [1.54, 1.807) is 4.90 Å². The van der Waals surface area contributed by atoms with E-state index in [0.717, 1.165) is 19.3 Å². The summed E-state index contributed by atoms with van der Waals surface area (Å²) in [6.45, 7) is 11.5. The molecule has 18 heavy (non-hydrogen) atoms. The van der Waals surface area contributed by atoms with Crippen molar-refractivity contribution >= 4 is 6.09 Å². The first kappa shape index (κ1) is 15.3. The molecule has 106 valence electrons. The van der Waals surface area contributed by atoms with E-state index in [2.05, 4.69) is 13.8 Å². The number of carbonyl (C=O) groups is 1. The molecule has 0 atom stereocenters. The average Bonchev–Trinajstić information content (AvgIpc) is 2.13. The summed E-state index contributed by atoms with van der Waals surface area (Å²) >= 11 is 0. The van der Waals surface area contributed by atoms with Gasteiger partial charge in [0.15, 0.2) is 0 Å². The van der Waals surface area contributed by atoms with Crippen molar-refractivity contribution in [3.05, 3.63) is 0 Å². The summed E-state index contributed by atoms with van der Waals surface area (Å²) < 4.78 is 5.37. The normalized spacial score (nSPS) is 20.1. The first-order valence-electron chi connectivity index (χ1n) is 6.88. The summed E-state index contributed by atoms with van der Waals surface area (Å²) in [5.74, 6) is 0.600. The Balaban J connectivity index is 2.46. The van der Waals surface area contributed by atoms with Crippen LogP contribution >= 0.6 is 0 Å². The van der Waals surface area contributed by atoms with E-state index < -0.39 is 5.60 Å². The van der Waals surface area contributed by atoms with E-state index in [1.807, 2.05) is 20.8 Å². The lowest BCUT2D eigenvalue weighted by Crippen LogP contribution is -2.53. The number of rotatable bonds is 2. The van der Waals surface area contributed by atoms with Crippen LogP contribution in [0.5, 0.6) is 0 Å². The van der Waals surface area contributed by atoms with Crippen molar-refractivity contribution in [1.82, 2.24) is 4.90 Å². The van der Waals surface area contributed by atoms with Crippen LogP contribution in [-0.4, -0.2) is 35.2 Å². The zero-order valence-corrected chi connectivity index (χ0v) is 12.5. The second kappa shape index (κ2) is 5.47. The van der Waals surface area contributed by atoms with Gasteiger partial charge in [-0.1, -0.05) is 13.8 Å². The van der Waals surface area contributed by atoms with Crippen LogP contribution in [0.4, 0.5) is 4.79 Å². The SMILES string of the molecule is CC(C)CC1(N)CCN(C(=O)OC(C)(C)C)CC1. The van der Waals surface area contributed by atoms with Crippen molar-refractivity contribution in [3.8, 4) is 0 Å². The minimum Gasteiger partial charge on any atom is -0.444 e. The van der Waals surface area contributed by atoms with Gasteiger partial charge in [-0.25, -0.2) is 4.79 Å². The summed E-state index contributed by atoms with van der Waals surface area (Å²) in [7, 11) is 0. The second-order valence-corrected chi connectivity index (χ2v) is 6.93. The summed E-state index contributed by atoms with van der Waals surface area (Å²) in [6.07, 6.45) is 2.54. The van der Waals surface area contributed by atoms with Gasteiger partial charge >= 0.3 is 6.09 Å². The molecule has 4 heteroatoms. The predicted molar refractivity (Wildman–Crippen MR) is 73.4 cm³/mol. The number of amides is 1. The van der Waals surface area contributed by atoms with Crippen molar-refractivity contribution in [2.45, 2.75) is 65.0 Å². The van der Waals surface area contributed by atoms with Gasteiger partial charge in [-0.15, -0.1) is 0 Å². The molecule has 0 aliphatic carbocycles. The number of ether oxygens (including phenoxy) is 1. The van der Waals surface area contributed by atoms with Gasteiger partial charge in [0.25, 0.3) is 0 Å². The Hall–Kier alpha value is -0.770. The van der Waals surface area contributed by atoms with Crippen LogP contribution in [0.25, 0.3) is 0 Å². The summed E-state index contributed by atoms with van der Waals surface area (Å²) in [4.78, 5) is 13.7. The van der Waals surface area contributed by atoms with E-state index >= 15 is 0 Å². The molecule has 1 aliphatic heterocycles. The zero-order valence-electron chi connectivity index (χ0n) is 12.5. The van der Waals surface area contributed by atoms with Crippen molar-refractivity contribution in [2.75, 3.05) is 13.1 Å². The third-order valence-corrected chi connectivity index (χ3v) is 3.23. The van der Waals surface area contributed by atoms with Crippen molar-refractivity contribution in [3.63, 3.8) is 0 Å². The molecule has 0 bridgehead atoms. The van der Waals surface area contributed by atoms with E-state index in [4.69, 9.17) is 10.5 Å². The highest BCUT2D eigenvalue weighted by atomic mass is 16.6. The number of hydrogen-bond donors (Lipinski definition) is 1. The maximum Gasteiger partial charge on any atom is 0.410 e. The smallest absolute Gasteiger partial charge is 0.410 e. The van der Waals surface area contributed by atoms with E-state index in [-0.39, 0.29) is 11.6 Å². The Morgan fingerprint density at radius 1 is 1.33 bits per heavy atom. The largest absolute Gasteiger partial charge is 0.444 e. The van der Waals surface area contributed by atoms with Crippen LogP contribution in [0.15, 0.2) is 0 Å². The molecule has 1 aliphatic rings. The first-order valence-corrected chi connectivity index (χ1v) is 6.88. The van der Waals surface area contributed by atoms with Crippen LogP contribution in [0.3, 0.4) is 0 Å². The zero-order chi connectivity index (χ0) is 14.0. The summed E-state index contributed by atoms with van der Waals surface area (Å²) in [5, 5.41) is 0. The van der Waals surface area contributed by atoms with Crippen molar-refractivity contribution in [1.29, 1.82) is 0 Å². The standard InChI is InChI=1S/C14H28N2O2/c1-11(2)10-14(15)6-8-16(9-7-14)12(17)18-13(3,4)5/h11H,6-10,15H2,1-5H3. The molecule has 0 spiro atoms. The van der Waals surface area contributed by atoms with Gasteiger partial charge in [0.1, 0.15) is 5.60 Å². The maximum absolute atomic E-state index is 11.9. The molecule has 0 saturated carbocycles. The molecule has 2 N–H and O–H groups in total. The lowest BCUT2D eigenvalue weighted by molar-refractivity contribution is 0.0159. The molecule has 1 rings (SSSR count). The van der Waals surface area contributed by atoms with Gasteiger partial charge in [0.05, 0.1) is 0 Å². The lowest BCUT2D eigenvalue weighted by Gasteiger charge is -2.40. The number of nitrogens with zero attached hydrogens (tertiary/aromatic N) is 1. The Labute approximate surface area is 111 Å². The average molecular weight is 256 g/mol. The highest BCUT2D eigenvalue weighted by Gasteiger charge is 2.34. The van der Waals surface area contributed by atoms with Gasteiger partial charge in [-0.05, 0) is 46.0 Å². The van der Waals surface area contributed by atoms with Crippen LogP contribution in [0.2, 0.25) is 0 Å². The van der Waals surface area contributed by atoms with Gasteiger partial charge < -0.3 is 15.4 Å². The fraction of sp³-hybridized carbons (Fsp3) is 0.929. The summed E-state index contributed by atoms with van der Waals surface area (Å²) in [6, 6.07) is 0. The fourth-order valence-electron chi connectivity index (χ4n) is 2.48. The number of nitrogens with two attached hydrogens (primary N) is 1. The number of hydrogen-bond acceptors (Lipinski definition) is 3. The van der Waals surface area contributed by atoms with Gasteiger partial charge in [-0.2, -0.15) is 0 Å². The minimum absolute atomic E-state index is 0.104. The first-order chi connectivity index (χ1) is 8.11. The third kappa shape index (κ3) is 4.84. The highest BCUT2D eigenvalue weighted by molar-refractivity contribution is 5.68. The fourth-order valence-corrected chi connectivity index (χ4v) is 2.48. The molecule has 0 radical (unpaired) electrons. The quantitative estimate of drug-likeness (QED) is 0.826. The lowest BCUT2D eigenvalue weighted by atomic mass is 9.81. The molecule has 4 nitrogen and oxygen atoms in total. The molecular formula is C14H28N2O2. The van der Waals surface area contributed by atoms with Gasteiger partial charge in [0, 0.05) is 18.6 Å². The second-order valence-electron chi connectivity index (χ2n) is 6.93. The van der Waals surface area contributed by atoms with Crippen LogP contribution < -0.4 is 5.73 Å². The minimum atomic E-state index is -0.424. The molecule has 1 saturated heterocycles. The highest BCUT2D eigenvalue weighted by Crippen LogP contribution is 2.27. The van der Waals surface area contributed by atoms with E-state index in [1.165, 1.54) is 0 Å².